The number of carbonyl (C=O) groups excluding carboxylic acids is 1. The zero-order valence-electron chi connectivity index (χ0n) is 8.17. The largest absolute Gasteiger partial charge is 0.445 e. The van der Waals surface area contributed by atoms with Crippen LogP contribution in [0.25, 0.3) is 0 Å². The lowest BCUT2D eigenvalue weighted by molar-refractivity contribution is -0.118. The highest BCUT2D eigenvalue weighted by molar-refractivity contribution is 5.72. The lowest BCUT2D eigenvalue weighted by Gasteiger charge is -2.02. The van der Waals surface area contributed by atoms with Crippen molar-refractivity contribution in [3.63, 3.8) is 0 Å². The van der Waals surface area contributed by atoms with Gasteiger partial charge in [0.15, 0.2) is 5.88 Å². The second kappa shape index (κ2) is 5.29. The molecule has 1 aromatic heterocycles. The van der Waals surface area contributed by atoms with Gasteiger partial charge in [-0.3, -0.25) is 4.79 Å². The molecule has 0 fully saturated rings. The van der Waals surface area contributed by atoms with Crippen molar-refractivity contribution in [2.75, 3.05) is 18.8 Å². The van der Waals surface area contributed by atoms with Gasteiger partial charge in [0.05, 0.1) is 6.54 Å². The van der Waals surface area contributed by atoms with Crippen LogP contribution in [0, 0.1) is 0 Å². The maximum atomic E-state index is 10.5. The average Bonchev–Trinajstić information content (AvgIpc) is 2.50. The van der Waals surface area contributed by atoms with Crippen LogP contribution in [0.2, 0.25) is 0 Å². The number of nitrogens with one attached hydrogen (secondary N) is 2. The predicted octanol–water partition coefficient (Wildman–Crippen LogP) is 0.0875. The normalized spacial score (nSPS) is 10.1. The molecule has 0 saturated carbocycles. The van der Waals surface area contributed by atoms with E-state index >= 15 is 0 Å². The molecule has 14 heavy (non-hydrogen) atoms. The minimum absolute atomic E-state index is 0.0194. The highest BCUT2D eigenvalue weighted by Gasteiger charge is 1.97. The Morgan fingerprint density at radius 2 is 2.29 bits per heavy atom. The first-order valence-electron chi connectivity index (χ1n) is 4.48. The van der Waals surface area contributed by atoms with E-state index in [0.29, 0.717) is 25.5 Å². The van der Waals surface area contributed by atoms with Gasteiger partial charge in [0.1, 0.15) is 5.76 Å². The predicted molar refractivity (Wildman–Crippen MR) is 53.5 cm³/mol. The van der Waals surface area contributed by atoms with E-state index in [-0.39, 0.29) is 5.91 Å². The third-order valence-electron chi connectivity index (χ3n) is 1.66. The highest BCUT2D eigenvalue weighted by atomic mass is 16.4. The number of anilines is 1. The summed E-state index contributed by atoms with van der Waals surface area (Å²) in [6.07, 6.45) is 0. The quantitative estimate of drug-likeness (QED) is 0.584. The fourth-order valence-electron chi connectivity index (χ4n) is 1.03. The van der Waals surface area contributed by atoms with Gasteiger partial charge < -0.3 is 20.8 Å². The molecule has 1 rings (SSSR count). The first-order valence-corrected chi connectivity index (χ1v) is 4.48. The molecule has 78 valence electrons. The highest BCUT2D eigenvalue weighted by Crippen LogP contribution is 2.07. The molecule has 4 N–H and O–H groups in total. The summed E-state index contributed by atoms with van der Waals surface area (Å²) in [5.41, 5.74) is 5.40. The maximum absolute atomic E-state index is 10.5. The van der Waals surface area contributed by atoms with Crippen LogP contribution >= 0.6 is 0 Å². The first kappa shape index (κ1) is 10.6. The summed E-state index contributed by atoms with van der Waals surface area (Å²) < 4.78 is 5.14. The first-order chi connectivity index (χ1) is 6.68. The van der Waals surface area contributed by atoms with Crippen molar-refractivity contribution < 1.29 is 9.21 Å². The Morgan fingerprint density at radius 3 is 2.86 bits per heavy atom. The van der Waals surface area contributed by atoms with Crippen LogP contribution in [0.5, 0.6) is 0 Å². The smallest absolute Gasteiger partial charge is 0.216 e. The Morgan fingerprint density at radius 1 is 1.50 bits per heavy atom. The molecule has 0 saturated heterocycles. The number of nitrogen functional groups attached to an aromatic ring is 1. The van der Waals surface area contributed by atoms with Gasteiger partial charge in [0.2, 0.25) is 5.91 Å². The number of amides is 1. The van der Waals surface area contributed by atoms with Gasteiger partial charge in [-0.2, -0.15) is 0 Å². The fourth-order valence-corrected chi connectivity index (χ4v) is 1.03. The van der Waals surface area contributed by atoms with Crippen LogP contribution in [0.1, 0.15) is 12.7 Å². The summed E-state index contributed by atoms with van der Waals surface area (Å²) in [4.78, 5) is 10.5. The van der Waals surface area contributed by atoms with E-state index in [1.807, 2.05) is 6.07 Å². The zero-order chi connectivity index (χ0) is 10.4. The van der Waals surface area contributed by atoms with Gasteiger partial charge in [0, 0.05) is 26.1 Å². The van der Waals surface area contributed by atoms with E-state index in [1.54, 1.807) is 6.07 Å². The van der Waals surface area contributed by atoms with E-state index in [4.69, 9.17) is 10.2 Å². The molecule has 0 aliphatic carbocycles. The van der Waals surface area contributed by atoms with Crippen LogP contribution in [0.4, 0.5) is 5.88 Å². The molecule has 1 heterocycles. The Hall–Kier alpha value is -1.49. The van der Waals surface area contributed by atoms with Crippen molar-refractivity contribution in [2.45, 2.75) is 13.5 Å². The SMILES string of the molecule is CC(=O)NCCNCc1ccc(N)o1. The lowest BCUT2D eigenvalue weighted by atomic mass is 10.4. The van der Waals surface area contributed by atoms with Crippen molar-refractivity contribution in [2.24, 2.45) is 0 Å². The number of hydrogen-bond acceptors (Lipinski definition) is 4. The van der Waals surface area contributed by atoms with Crippen LogP contribution in [-0.4, -0.2) is 19.0 Å². The lowest BCUT2D eigenvalue weighted by Crippen LogP contribution is -2.29. The van der Waals surface area contributed by atoms with Crippen LogP contribution in [0.3, 0.4) is 0 Å². The van der Waals surface area contributed by atoms with E-state index in [1.165, 1.54) is 6.92 Å². The van der Waals surface area contributed by atoms with Crippen LogP contribution in [-0.2, 0) is 11.3 Å². The van der Waals surface area contributed by atoms with E-state index in [2.05, 4.69) is 10.6 Å². The molecule has 0 bridgehead atoms. The number of rotatable bonds is 5. The monoisotopic (exact) mass is 197 g/mol. The van der Waals surface area contributed by atoms with E-state index in [9.17, 15) is 4.79 Å². The third kappa shape index (κ3) is 3.95. The summed E-state index contributed by atoms with van der Waals surface area (Å²) in [7, 11) is 0. The Balaban J connectivity index is 2.07. The molecule has 1 aromatic rings. The van der Waals surface area contributed by atoms with Crippen molar-refractivity contribution in [3.8, 4) is 0 Å². The van der Waals surface area contributed by atoms with Crippen molar-refractivity contribution >= 4 is 11.8 Å². The van der Waals surface area contributed by atoms with Gasteiger partial charge in [-0.05, 0) is 6.07 Å². The maximum Gasteiger partial charge on any atom is 0.216 e. The average molecular weight is 197 g/mol. The minimum Gasteiger partial charge on any atom is -0.445 e. The minimum atomic E-state index is -0.0194. The molecule has 0 atom stereocenters. The van der Waals surface area contributed by atoms with Crippen LogP contribution in [0.15, 0.2) is 16.5 Å². The zero-order valence-corrected chi connectivity index (χ0v) is 8.17. The molecule has 5 heteroatoms. The fraction of sp³-hybridized carbons (Fsp3) is 0.444. The number of nitrogens with two attached hydrogens (primary N) is 1. The van der Waals surface area contributed by atoms with Gasteiger partial charge in [-0.1, -0.05) is 0 Å². The molecule has 1 amide bonds. The molecule has 0 aliphatic heterocycles. The molecule has 0 aromatic carbocycles. The molecule has 0 spiro atoms. The Labute approximate surface area is 82.7 Å². The standard InChI is InChI=1S/C9H15N3O2/c1-7(13)12-5-4-11-6-8-2-3-9(10)14-8/h2-3,11H,4-6,10H2,1H3,(H,12,13). The topological polar surface area (TPSA) is 80.3 Å². The summed E-state index contributed by atoms with van der Waals surface area (Å²) in [5, 5.41) is 5.79. The van der Waals surface area contributed by atoms with Crippen molar-refractivity contribution in [3.05, 3.63) is 17.9 Å². The number of furan rings is 1. The second-order valence-corrected chi connectivity index (χ2v) is 2.96. The van der Waals surface area contributed by atoms with Gasteiger partial charge in [-0.15, -0.1) is 0 Å². The van der Waals surface area contributed by atoms with Gasteiger partial charge in [-0.25, -0.2) is 0 Å². The van der Waals surface area contributed by atoms with Crippen molar-refractivity contribution in [1.82, 2.24) is 10.6 Å². The Kier molecular flexibility index (Phi) is 4.00. The van der Waals surface area contributed by atoms with Crippen molar-refractivity contribution in [1.29, 1.82) is 0 Å². The number of carbonyl (C=O) groups is 1. The van der Waals surface area contributed by atoms with E-state index in [0.717, 1.165) is 5.76 Å². The van der Waals surface area contributed by atoms with E-state index < -0.39 is 0 Å². The summed E-state index contributed by atoms with van der Waals surface area (Å²) in [6, 6.07) is 3.53. The molecule has 0 aliphatic rings. The van der Waals surface area contributed by atoms with Gasteiger partial charge >= 0.3 is 0 Å². The molecular formula is C9H15N3O2. The molecule has 0 unspecified atom stereocenters. The van der Waals surface area contributed by atoms with Gasteiger partial charge in [0.25, 0.3) is 0 Å². The summed E-state index contributed by atoms with van der Waals surface area (Å²) >= 11 is 0. The van der Waals surface area contributed by atoms with Crippen LogP contribution < -0.4 is 16.4 Å². The Bertz CT molecular complexity index is 296. The summed E-state index contributed by atoms with van der Waals surface area (Å²) in [6.45, 7) is 3.44. The molecular weight excluding hydrogens is 182 g/mol. The molecule has 5 nitrogen and oxygen atoms in total. The number of hydrogen-bond donors (Lipinski definition) is 3. The summed E-state index contributed by atoms with van der Waals surface area (Å²) in [5.74, 6) is 1.20. The molecule has 0 radical (unpaired) electrons. The third-order valence-corrected chi connectivity index (χ3v) is 1.66. The second-order valence-electron chi connectivity index (χ2n) is 2.96.